The molecular weight excluding hydrogens is 278 g/mol. The third kappa shape index (κ3) is 2.86. The predicted molar refractivity (Wildman–Crippen MR) is 85.6 cm³/mol. The molecule has 0 spiro atoms. The van der Waals surface area contributed by atoms with Crippen molar-refractivity contribution in [3.63, 3.8) is 0 Å². The smallest absolute Gasteiger partial charge is 0.226 e. The van der Waals surface area contributed by atoms with E-state index in [0.717, 1.165) is 23.1 Å². The van der Waals surface area contributed by atoms with E-state index in [1.54, 1.807) is 10.9 Å². The predicted octanol–water partition coefficient (Wildman–Crippen LogP) is 2.59. The lowest BCUT2D eigenvalue weighted by Gasteiger charge is -2.06. The van der Waals surface area contributed by atoms with Gasteiger partial charge < -0.3 is 5.32 Å². The maximum absolute atomic E-state index is 12.0. The van der Waals surface area contributed by atoms with Crippen molar-refractivity contribution in [2.75, 3.05) is 5.32 Å². The van der Waals surface area contributed by atoms with Crippen molar-refractivity contribution >= 4 is 22.5 Å². The number of aryl methyl sites for hydroxylation is 3. The minimum Gasteiger partial charge on any atom is -0.323 e. The van der Waals surface area contributed by atoms with Crippen LogP contribution in [0.25, 0.3) is 10.9 Å². The van der Waals surface area contributed by atoms with Gasteiger partial charge in [-0.1, -0.05) is 18.2 Å². The highest BCUT2D eigenvalue weighted by Gasteiger charge is 2.08. The van der Waals surface area contributed by atoms with E-state index in [4.69, 9.17) is 0 Å². The Labute approximate surface area is 128 Å². The Morgan fingerprint density at radius 3 is 2.91 bits per heavy atom. The number of carbonyl (C=O) groups is 1. The molecule has 0 bridgehead atoms. The SMILES string of the molecule is CCn1cc(NC(=O)CCn2ncc3cccc(C)c32)cn1. The van der Waals surface area contributed by atoms with Crippen molar-refractivity contribution in [1.82, 2.24) is 19.6 Å². The number of nitrogens with one attached hydrogen (secondary N) is 1. The summed E-state index contributed by atoms with van der Waals surface area (Å²) in [6.07, 6.45) is 5.70. The van der Waals surface area contributed by atoms with Gasteiger partial charge in [0.05, 0.1) is 30.1 Å². The van der Waals surface area contributed by atoms with Crippen LogP contribution in [0.3, 0.4) is 0 Å². The Kier molecular flexibility index (Phi) is 3.91. The molecule has 1 aromatic carbocycles. The highest BCUT2D eigenvalue weighted by Crippen LogP contribution is 2.18. The van der Waals surface area contributed by atoms with Gasteiger partial charge in [-0.25, -0.2) is 0 Å². The van der Waals surface area contributed by atoms with Gasteiger partial charge in [0.1, 0.15) is 0 Å². The van der Waals surface area contributed by atoms with Crippen molar-refractivity contribution in [3.8, 4) is 0 Å². The molecule has 0 fully saturated rings. The van der Waals surface area contributed by atoms with Gasteiger partial charge >= 0.3 is 0 Å². The van der Waals surface area contributed by atoms with Crippen molar-refractivity contribution in [1.29, 1.82) is 0 Å². The summed E-state index contributed by atoms with van der Waals surface area (Å²) in [6, 6.07) is 6.10. The van der Waals surface area contributed by atoms with E-state index in [1.165, 1.54) is 5.56 Å². The molecule has 1 N–H and O–H groups in total. The van der Waals surface area contributed by atoms with Gasteiger partial charge in [0.15, 0.2) is 0 Å². The molecule has 0 saturated heterocycles. The van der Waals surface area contributed by atoms with Crippen LogP contribution in [0.1, 0.15) is 18.9 Å². The van der Waals surface area contributed by atoms with Gasteiger partial charge in [-0.15, -0.1) is 0 Å². The van der Waals surface area contributed by atoms with Crippen molar-refractivity contribution in [2.24, 2.45) is 0 Å². The number of rotatable bonds is 5. The van der Waals surface area contributed by atoms with Gasteiger partial charge in [-0.05, 0) is 19.4 Å². The first-order valence-electron chi connectivity index (χ1n) is 7.41. The quantitative estimate of drug-likeness (QED) is 0.787. The summed E-state index contributed by atoms with van der Waals surface area (Å²) in [4.78, 5) is 12.0. The lowest BCUT2D eigenvalue weighted by molar-refractivity contribution is -0.116. The molecule has 1 amide bonds. The van der Waals surface area contributed by atoms with Crippen molar-refractivity contribution in [3.05, 3.63) is 42.4 Å². The summed E-state index contributed by atoms with van der Waals surface area (Å²) in [5.74, 6) is -0.0344. The maximum atomic E-state index is 12.0. The first-order chi connectivity index (χ1) is 10.7. The molecule has 0 aliphatic heterocycles. The minimum absolute atomic E-state index is 0.0344. The van der Waals surface area contributed by atoms with Crippen LogP contribution in [-0.2, 0) is 17.9 Å². The van der Waals surface area contributed by atoms with Gasteiger partial charge in [0.2, 0.25) is 5.91 Å². The molecule has 6 heteroatoms. The third-order valence-corrected chi connectivity index (χ3v) is 3.65. The Balaban J connectivity index is 1.65. The molecule has 0 aliphatic carbocycles. The fourth-order valence-corrected chi connectivity index (χ4v) is 2.53. The summed E-state index contributed by atoms with van der Waals surface area (Å²) in [7, 11) is 0. The number of para-hydroxylation sites is 1. The number of nitrogens with zero attached hydrogens (tertiary/aromatic N) is 4. The molecule has 114 valence electrons. The van der Waals surface area contributed by atoms with Crippen LogP contribution in [0.4, 0.5) is 5.69 Å². The Morgan fingerprint density at radius 2 is 2.14 bits per heavy atom. The largest absolute Gasteiger partial charge is 0.323 e. The van der Waals surface area contributed by atoms with E-state index >= 15 is 0 Å². The number of hydrogen-bond donors (Lipinski definition) is 1. The van der Waals surface area contributed by atoms with Crippen LogP contribution < -0.4 is 5.32 Å². The van der Waals surface area contributed by atoms with Crippen LogP contribution in [-0.4, -0.2) is 25.5 Å². The van der Waals surface area contributed by atoms with Gasteiger partial charge in [-0.2, -0.15) is 10.2 Å². The van der Waals surface area contributed by atoms with Crippen LogP contribution >= 0.6 is 0 Å². The summed E-state index contributed by atoms with van der Waals surface area (Å²) >= 11 is 0. The van der Waals surface area contributed by atoms with Gasteiger partial charge in [-0.3, -0.25) is 14.2 Å². The lowest BCUT2D eigenvalue weighted by atomic mass is 10.2. The van der Waals surface area contributed by atoms with Gasteiger partial charge in [0, 0.05) is 24.5 Å². The minimum atomic E-state index is -0.0344. The average molecular weight is 297 g/mol. The molecule has 3 rings (SSSR count). The highest BCUT2D eigenvalue weighted by molar-refractivity contribution is 5.90. The highest BCUT2D eigenvalue weighted by atomic mass is 16.1. The van der Waals surface area contributed by atoms with E-state index in [0.29, 0.717) is 13.0 Å². The Hall–Kier alpha value is -2.63. The van der Waals surface area contributed by atoms with Crippen molar-refractivity contribution < 1.29 is 4.79 Å². The van der Waals surface area contributed by atoms with Crippen LogP contribution in [0.5, 0.6) is 0 Å². The fraction of sp³-hybridized carbons (Fsp3) is 0.312. The summed E-state index contributed by atoms with van der Waals surface area (Å²) in [5.41, 5.74) is 2.99. The molecule has 0 unspecified atom stereocenters. The zero-order valence-electron chi connectivity index (χ0n) is 12.8. The number of hydrogen-bond acceptors (Lipinski definition) is 3. The molecule has 0 saturated carbocycles. The molecule has 0 atom stereocenters. The third-order valence-electron chi connectivity index (χ3n) is 3.65. The second kappa shape index (κ2) is 6.01. The second-order valence-corrected chi connectivity index (χ2v) is 5.26. The van der Waals surface area contributed by atoms with E-state index in [9.17, 15) is 4.79 Å². The number of carbonyl (C=O) groups excluding carboxylic acids is 1. The Morgan fingerprint density at radius 1 is 1.27 bits per heavy atom. The molecule has 0 radical (unpaired) electrons. The fourth-order valence-electron chi connectivity index (χ4n) is 2.53. The van der Waals surface area contributed by atoms with E-state index in [2.05, 4.69) is 28.5 Å². The molecule has 2 aromatic heterocycles. The standard InChI is InChI=1S/C16H19N5O/c1-3-20-11-14(10-17-20)19-15(22)7-8-21-16-12(2)5-4-6-13(16)9-18-21/h4-6,9-11H,3,7-8H2,1-2H3,(H,19,22). The molecule has 0 aliphatic rings. The number of amides is 1. The molecule has 6 nitrogen and oxygen atoms in total. The molecule has 22 heavy (non-hydrogen) atoms. The van der Waals surface area contributed by atoms with E-state index < -0.39 is 0 Å². The topological polar surface area (TPSA) is 64.7 Å². The molecular formula is C16H19N5O. The lowest BCUT2D eigenvalue weighted by Crippen LogP contribution is -2.14. The average Bonchev–Trinajstić information content (AvgIpc) is 3.12. The van der Waals surface area contributed by atoms with Crippen molar-refractivity contribution in [2.45, 2.75) is 33.4 Å². The first-order valence-corrected chi connectivity index (χ1v) is 7.41. The van der Waals surface area contributed by atoms with E-state index in [1.807, 2.05) is 36.1 Å². The zero-order valence-corrected chi connectivity index (χ0v) is 12.8. The second-order valence-electron chi connectivity index (χ2n) is 5.26. The van der Waals surface area contributed by atoms with E-state index in [-0.39, 0.29) is 5.91 Å². The summed E-state index contributed by atoms with van der Waals surface area (Å²) in [6.45, 7) is 5.40. The van der Waals surface area contributed by atoms with Crippen LogP contribution in [0, 0.1) is 6.92 Å². The summed E-state index contributed by atoms with van der Waals surface area (Å²) in [5, 5.41) is 12.5. The monoisotopic (exact) mass is 297 g/mol. The number of anilines is 1. The zero-order chi connectivity index (χ0) is 15.5. The number of benzene rings is 1. The maximum Gasteiger partial charge on any atom is 0.226 e. The number of fused-ring (bicyclic) bond motifs is 1. The van der Waals surface area contributed by atoms with Gasteiger partial charge in [0.25, 0.3) is 0 Å². The molecule has 3 aromatic rings. The Bertz CT molecular complexity index is 802. The van der Waals surface area contributed by atoms with Crippen LogP contribution in [0.2, 0.25) is 0 Å². The summed E-state index contributed by atoms with van der Waals surface area (Å²) < 4.78 is 3.67. The number of aromatic nitrogens is 4. The normalized spacial score (nSPS) is 11.0. The molecule has 2 heterocycles. The van der Waals surface area contributed by atoms with Crippen LogP contribution in [0.15, 0.2) is 36.8 Å². The first kappa shape index (κ1) is 14.3.